The largest absolute Gasteiger partial charge is 0.462 e. The van der Waals surface area contributed by atoms with Gasteiger partial charge in [0.15, 0.2) is 5.96 Å². The lowest BCUT2D eigenvalue weighted by atomic mass is 10.1. The smallest absolute Gasteiger partial charge is 0.338 e. The molecule has 3 rings (SSSR count). The fourth-order valence-electron chi connectivity index (χ4n) is 3.13. The van der Waals surface area contributed by atoms with E-state index < -0.39 is 0 Å². The first-order valence-corrected chi connectivity index (χ1v) is 10.0. The molecule has 0 amide bonds. The van der Waals surface area contributed by atoms with Crippen LogP contribution in [0.5, 0.6) is 0 Å². The van der Waals surface area contributed by atoms with E-state index in [-0.39, 0.29) is 5.97 Å². The van der Waals surface area contributed by atoms with E-state index in [9.17, 15) is 4.79 Å². The molecule has 2 heterocycles. The molecule has 0 bridgehead atoms. The highest BCUT2D eigenvalue weighted by molar-refractivity contribution is 5.89. The van der Waals surface area contributed by atoms with Crippen LogP contribution in [-0.4, -0.2) is 66.1 Å². The Labute approximate surface area is 171 Å². The molecular formula is C21H28N6O2. The lowest BCUT2D eigenvalue weighted by molar-refractivity contribution is 0.0526. The molecule has 0 radical (unpaired) electrons. The highest BCUT2D eigenvalue weighted by atomic mass is 16.5. The number of benzene rings is 1. The fourth-order valence-corrected chi connectivity index (χ4v) is 3.13. The van der Waals surface area contributed by atoms with Gasteiger partial charge in [-0.2, -0.15) is 0 Å². The molecule has 154 valence electrons. The molecule has 1 aliphatic heterocycles. The predicted octanol–water partition coefficient (Wildman–Crippen LogP) is 1.94. The summed E-state index contributed by atoms with van der Waals surface area (Å²) in [5, 5.41) is 3.38. The van der Waals surface area contributed by atoms with Gasteiger partial charge in [-0.3, -0.25) is 0 Å². The van der Waals surface area contributed by atoms with E-state index in [1.807, 2.05) is 18.2 Å². The van der Waals surface area contributed by atoms with Gasteiger partial charge in [0, 0.05) is 45.1 Å². The van der Waals surface area contributed by atoms with Crippen LogP contribution in [0.4, 0.5) is 5.95 Å². The number of carbonyl (C=O) groups is 1. The maximum absolute atomic E-state index is 11.8. The number of piperazine rings is 1. The normalized spacial score (nSPS) is 14.6. The summed E-state index contributed by atoms with van der Waals surface area (Å²) in [4.78, 5) is 29.7. The molecule has 0 spiro atoms. The lowest BCUT2D eigenvalue weighted by Crippen LogP contribution is -2.52. The minimum absolute atomic E-state index is 0.295. The zero-order valence-electron chi connectivity index (χ0n) is 17.0. The molecule has 2 aromatic rings. The Hall–Kier alpha value is -3.16. The molecule has 29 heavy (non-hydrogen) atoms. The quantitative estimate of drug-likeness (QED) is 0.454. The van der Waals surface area contributed by atoms with E-state index in [0.717, 1.165) is 50.2 Å². The van der Waals surface area contributed by atoms with Crippen LogP contribution in [0.3, 0.4) is 0 Å². The van der Waals surface area contributed by atoms with Gasteiger partial charge in [0.1, 0.15) is 0 Å². The summed E-state index contributed by atoms with van der Waals surface area (Å²) in [6, 6.07) is 9.24. The fraction of sp³-hybridized carbons (Fsp3) is 0.429. The van der Waals surface area contributed by atoms with Gasteiger partial charge in [0.05, 0.1) is 18.7 Å². The van der Waals surface area contributed by atoms with E-state index >= 15 is 0 Å². The first-order valence-electron chi connectivity index (χ1n) is 10.0. The van der Waals surface area contributed by atoms with Crippen molar-refractivity contribution in [2.75, 3.05) is 44.2 Å². The van der Waals surface area contributed by atoms with Crippen LogP contribution in [-0.2, 0) is 11.3 Å². The summed E-state index contributed by atoms with van der Waals surface area (Å²) >= 11 is 0. The van der Waals surface area contributed by atoms with Crippen molar-refractivity contribution in [3.63, 3.8) is 0 Å². The van der Waals surface area contributed by atoms with Crippen molar-refractivity contribution in [1.29, 1.82) is 0 Å². The molecule has 8 nitrogen and oxygen atoms in total. The minimum Gasteiger partial charge on any atom is -0.462 e. The molecule has 1 fully saturated rings. The molecule has 0 saturated carbocycles. The van der Waals surface area contributed by atoms with Crippen molar-refractivity contribution in [2.24, 2.45) is 4.99 Å². The number of hydrogen-bond donors (Lipinski definition) is 1. The number of guanidine groups is 1. The van der Waals surface area contributed by atoms with Gasteiger partial charge in [-0.05, 0) is 37.6 Å². The zero-order chi connectivity index (χ0) is 20.5. The number of nitrogens with zero attached hydrogens (tertiary/aromatic N) is 5. The number of ether oxygens (including phenoxy) is 1. The standard InChI is InChI=1S/C21H28N6O2/c1-3-22-20(25-16-17-6-8-18(9-7-17)19(28)29-4-2)26-12-14-27(15-13-26)21-23-10-5-11-24-21/h5-11H,3-4,12-16H2,1-2H3,(H,22,25). The Bertz CT molecular complexity index is 802. The molecule has 0 atom stereocenters. The lowest BCUT2D eigenvalue weighted by Gasteiger charge is -2.36. The SMILES string of the molecule is CCNC(=NCc1ccc(C(=O)OCC)cc1)N1CCN(c2ncccn2)CC1. The molecule has 1 N–H and O–H groups in total. The van der Waals surface area contributed by atoms with E-state index in [1.165, 1.54) is 0 Å². The van der Waals surface area contributed by atoms with Crippen LogP contribution in [0.15, 0.2) is 47.7 Å². The Kier molecular flexibility index (Phi) is 7.38. The average molecular weight is 396 g/mol. The van der Waals surface area contributed by atoms with Gasteiger partial charge >= 0.3 is 5.97 Å². The average Bonchev–Trinajstić information content (AvgIpc) is 2.78. The maximum Gasteiger partial charge on any atom is 0.338 e. The van der Waals surface area contributed by atoms with Crippen molar-refractivity contribution >= 4 is 17.9 Å². The Balaban J connectivity index is 1.59. The van der Waals surface area contributed by atoms with E-state index in [0.29, 0.717) is 18.7 Å². The summed E-state index contributed by atoms with van der Waals surface area (Å²) in [6.07, 6.45) is 3.54. The van der Waals surface area contributed by atoms with Gasteiger partial charge in [-0.1, -0.05) is 12.1 Å². The number of esters is 1. The van der Waals surface area contributed by atoms with Crippen LogP contribution in [0.2, 0.25) is 0 Å². The van der Waals surface area contributed by atoms with Crippen molar-refractivity contribution in [1.82, 2.24) is 20.2 Å². The summed E-state index contributed by atoms with van der Waals surface area (Å²) in [5.41, 5.74) is 1.61. The van der Waals surface area contributed by atoms with E-state index in [2.05, 4.69) is 32.0 Å². The second kappa shape index (κ2) is 10.4. The number of aliphatic imine (C=N–C) groups is 1. The Morgan fingerprint density at radius 1 is 1.10 bits per heavy atom. The predicted molar refractivity (Wildman–Crippen MR) is 113 cm³/mol. The zero-order valence-corrected chi connectivity index (χ0v) is 17.0. The van der Waals surface area contributed by atoms with E-state index in [4.69, 9.17) is 9.73 Å². The Morgan fingerprint density at radius 2 is 1.79 bits per heavy atom. The number of rotatable bonds is 6. The van der Waals surface area contributed by atoms with Crippen LogP contribution < -0.4 is 10.2 Å². The summed E-state index contributed by atoms with van der Waals surface area (Å²) < 4.78 is 5.02. The molecule has 0 aliphatic carbocycles. The first kappa shape index (κ1) is 20.6. The van der Waals surface area contributed by atoms with Gasteiger partial charge in [0.2, 0.25) is 5.95 Å². The third kappa shape index (κ3) is 5.66. The van der Waals surface area contributed by atoms with Gasteiger partial charge in [-0.25, -0.2) is 19.8 Å². The van der Waals surface area contributed by atoms with Crippen LogP contribution in [0.25, 0.3) is 0 Å². The van der Waals surface area contributed by atoms with E-state index in [1.54, 1.807) is 31.5 Å². The molecule has 1 aromatic carbocycles. The second-order valence-corrected chi connectivity index (χ2v) is 6.61. The number of hydrogen-bond acceptors (Lipinski definition) is 6. The number of carbonyl (C=O) groups excluding carboxylic acids is 1. The van der Waals surface area contributed by atoms with Crippen molar-refractivity contribution in [2.45, 2.75) is 20.4 Å². The highest BCUT2D eigenvalue weighted by Crippen LogP contribution is 2.11. The first-order chi connectivity index (χ1) is 14.2. The third-order valence-corrected chi connectivity index (χ3v) is 4.63. The molecular weight excluding hydrogens is 368 g/mol. The number of nitrogens with one attached hydrogen (secondary N) is 1. The van der Waals surface area contributed by atoms with Crippen LogP contribution in [0.1, 0.15) is 29.8 Å². The minimum atomic E-state index is -0.295. The summed E-state index contributed by atoms with van der Waals surface area (Å²) in [7, 11) is 0. The molecule has 1 saturated heterocycles. The Morgan fingerprint density at radius 3 is 2.41 bits per heavy atom. The number of aromatic nitrogens is 2. The molecule has 1 aromatic heterocycles. The highest BCUT2D eigenvalue weighted by Gasteiger charge is 2.21. The van der Waals surface area contributed by atoms with Crippen LogP contribution >= 0.6 is 0 Å². The molecule has 8 heteroatoms. The topological polar surface area (TPSA) is 83.0 Å². The maximum atomic E-state index is 11.8. The van der Waals surface area contributed by atoms with Crippen molar-refractivity contribution < 1.29 is 9.53 Å². The monoisotopic (exact) mass is 396 g/mol. The number of anilines is 1. The van der Waals surface area contributed by atoms with Gasteiger partial charge < -0.3 is 19.9 Å². The molecule has 0 unspecified atom stereocenters. The summed E-state index contributed by atoms with van der Waals surface area (Å²) in [6.45, 7) is 9.01. The summed E-state index contributed by atoms with van der Waals surface area (Å²) in [5.74, 6) is 1.38. The third-order valence-electron chi connectivity index (χ3n) is 4.63. The van der Waals surface area contributed by atoms with Crippen molar-refractivity contribution in [3.05, 3.63) is 53.9 Å². The van der Waals surface area contributed by atoms with Gasteiger partial charge in [0.25, 0.3) is 0 Å². The van der Waals surface area contributed by atoms with Crippen LogP contribution in [0, 0.1) is 0 Å². The second-order valence-electron chi connectivity index (χ2n) is 6.61. The molecule has 1 aliphatic rings. The van der Waals surface area contributed by atoms with Gasteiger partial charge in [-0.15, -0.1) is 0 Å². The van der Waals surface area contributed by atoms with Crippen molar-refractivity contribution in [3.8, 4) is 0 Å².